The van der Waals surface area contributed by atoms with E-state index in [2.05, 4.69) is 0 Å². The lowest BCUT2D eigenvalue weighted by Crippen LogP contribution is -2.16. The molecule has 1 aliphatic heterocycles. The third kappa shape index (κ3) is 2.80. The van der Waals surface area contributed by atoms with Crippen molar-refractivity contribution in [2.75, 3.05) is 19.8 Å². The smallest absolute Gasteiger partial charge is 0.200 e. The van der Waals surface area contributed by atoms with Crippen LogP contribution < -0.4 is 4.74 Å². The molecule has 0 radical (unpaired) electrons. The maximum absolute atomic E-state index is 14.0. The monoisotopic (exact) mass is 256 g/mol. The molecule has 2 rings (SSSR count). The second-order valence-electron chi connectivity index (χ2n) is 4.52. The molecule has 1 aliphatic rings. The normalized spacial score (nSPS) is 16.8. The molecule has 1 heterocycles. The van der Waals surface area contributed by atoms with Gasteiger partial charge < -0.3 is 9.47 Å². The predicted molar refractivity (Wildman–Crippen MR) is 64.9 cm³/mol. The standard InChI is InChI=1S/C14H18F2O2/c1-2-7-18-12-4-3-11(13(15)14(12)16)10-5-8-17-9-6-10/h3-4,10H,2,5-9H2,1H3. The minimum atomic E-state index is -0.868. The lowest BCUT2D eigenvalue weighted by atomic mass is 9.91. The summed E-state index contributed by atoms with van der Waals surface area (Å²) >= 11 is 0. The van der Waals surface area contributed by atoms with Crippen LogP contribution in [-0.2, 0) is 4.74 Å². The summed E-state index contributed by atoms with van der Waals surface area (Å²) in [5.74, 6) is -1.58. The highest BCUT2D eigenvalue weighted by Crippen LogP contribution is 2.32. The van der Waals surface area contributed by atoms with Gasteiger partial charge in [0.05, 0.1) is 6.61 Å². The van der Waals surface area contributed by atoms with Crippen LogP contribution in [0, 0.1) is 11.6 Å². The van der Waals surface area contributed by atoms with Crippen molar-refractivity contribution in [1.82, 2.24) is 0 Å². The van der Waals surface area contributed by atoms with E-state index in [0.717, 1.165) is 19.3 Å². The van der Waals surface area contributed by atoms with Gasteiger partial charge >= 0.3 is 0 Å². The maximum Gasteiger partial charge on any atom is 0.200 e. The summed E-state index contributed by atoms with van der Waals surface area (Å²) in [7, 11) is 0. The molecule has 0 bridgehead atoms. The van der Waals surface area contributed by atoms with Gasteiger partial charge in [-0.15, -0.1) is 0 Å². The topological polar surface area (TPSA) is 18.5 Å². The molecule has 0 amide bonds. The van der Waals surface area contributed by atoms with Crippen molar-refractivity contribution in [2.24, 2.45) is 0 Å². The molecule has 18 heavy (non-hydrogen) atoms. The summed E-state index contributed by atoms with van der Waals surface area (Å²) in [5.41, 5.74) is 0.444. The highest BCUT2D eigenvalue weighted by molar-refractivity contribution is 5.33. The molecule has 100 valence electrons. The maximum atomic E-state index is 14.0. The molecule has 1 aromatic rings. The summed E-state index contributed by atoms with van der Waals surface area (Å²) in [6.07, 6.45) is 2.25. The van der Waals surface area contributed by atoms with E-state index in [4.69, 9.17) is 9.47 Å². The Morgan fingerprint density at radius 1 is 1.22 bits per heavy atom. The Balaban J connectivity index is 2.19. The van der Waals surface area contributed by atoms with Crippen molar-refractivity contribution in [2.45, 2.75) is 32.1 Å². The molecule has 1 aromatic carbocycles. The van der Waals surface area contributed by atoms with Gasteiger partial charge in [-0.25, -0.2) is 4.39 Å². The molecule has 0 N–H and O–H groups in total. The molecule has 1 saturated heterocycles. The van der Waals surface area contributed by atoms with Crippen LogP contribution in [0.1, 0.15) is 37.7 Å². The third-order valence-corrected chi connectivity index (χ3v) is 3.20. The van der Waals surface area contributed by atoms with Gasteiger partial charge in [-0.3, -0.25) is 0 Å². The number of rotatable bonds is 4. The highest BCUT2D eigenvalue weighted by Gasteiger charge is 2.23. The van der Waals surface area contributed by atoms with Gasteiger partial charge in [0.1, 0.15) is 0 Å². The Morgan fingerprint density at radius 3 is 2.61 bits per heavy atom. The first-order chi connectivity index (χ1) is 8.74. The molecule has 0 unspecified atom stereocenters. The predicted octanol–water partition coefficient (Wildman–Crippen LogP) is 3.65. The van der Waals surface area contributed by atoms with Gasteiger partial charge in [0, 0.05) is 13.2 Å². The first-order valence-electron chi connectivity index (χ1n) is 6.42. The first-order valence-corrected chi connectivity index (χ1v) is 6.42. The molecule has 0 aromatic heterocycles. The van der Waals surface area contributed by atoms with Crippen LogP contribution in [-0.4, -0.2) is 19.8 Å². The average molecular weight is 256 g/mol. The Hall–Kier alpha value is -1.16. The van der Waals surface area contributed by atoms with Crippen molar-refractivity contribution >= 4 is 0 Å². The zero-order chi connectivity index (χ0) is 13.0. The molecule has 0 atom stereocenters. The van der Waals surface area contributed by atoms with Crippen LogP contribution in [0.25, 0.3) is 0 Å². The van der Waals surface area contributed by atoms with Crippen LogP contribution in [0.3, 0.4) is 0 Å². The Morgan fingerprint density at radius 2 is 1.94 bits per heavy atom. The number of hydrogen-bond acceptors (Lipinski definition) is 2. The molecule has 0 saturated carbocycles. The fourth-order valence-corrected chi connectivity index (χ4v) is 2.19. The quantitative estimate of drug-likeness (QED) is 0.818. The van der Waals surface area contributed by atoms with E-state index < -0.39 is 11.6 Å². The van der Waals surface area contributed by atoms with Gasteiger partial charge in [-0.2, -0.15) is 4.39 Å². The SMILES string of the molecule is CCCOc1ccc(C2CCOCC2)c(F)c1F. The van der Waals surface area contributed by atoms with Gasteiger partial charge in [0.25, 0.3) is 0 Å². The van der Waals surface area contributed by atoms with E-state index in [0.29, 0.717) is 25.4 Å². The van der Waals surface area contributed by atoms with Crippen LogP contribution in [0.15, 0.2) is 12.1 Å². The minimum absolute atomic E-state index is 0.00478. The van der Waals surface area contributed by atoms with Crippen molar-refractivity contribution in [3.05, 3.63) is 29.3 Å². The molecule has 0 spiro atoms. The molecule has 2 nitrogen and oxygen atoms in total. The largest absolute Gasteiger partial charge is 0.490 e. The lowest BCUT2D eigenvalue weighted by Gasteiger charge is -2.23. The fraction of sp³-hybridized carbons (Fsp3) is 0.571. The Kier molecular flexibility index (Phi) is 4.53. The number of hydrogen-bond donors (Lipinski definition) is 0. The number of ether oxygens (including phenoxy) is 2. The number of benzene rings is 1. The summed E-state index contributed by atoms with van der Waals surface area (Å²) in [6.45, 7) is 3.54. The van der Waals surface area contributed by atoms with Gasteiger partial charge in [0.2, 0.25) is 5.82 Å². The van der Waals surface area contributed by atoms with Crippen LogP contribution in [0.4, 0.5) is 8.78 Å². The van der Waals surface area contributed by atoms with Crippen LogP contribution in [0.2, 0.25) is 0 Å². The van der Waals surface area contributed by atoms with Crippen molar-refractivity contribution in [3.63, 3.8) is 0 Å². The van der Waals surface area contributed by atoms with E-state index in [-0.39, 0.29) is 11.7 Å². The summed E-state index contributed by atoms with van der Waals surface area (Å²) in [6, 6.07) is 3.16. The van der Waals surface area contributed by atoms with Crippen molar-refractivity contribution in [3.8, 4) is 5.75 Å². The lowest BCUT2D eigenvalue weighted by molar-refractivity contribution is 0.0844. The molecule has 1 fully saturated rings. The molecular weight excluding hydrogens is 238 g/mol. The summed E-state index contributed by atoms with van der Waals surface area (Å²) in [5, 5.41) is 0. The second kappa shape index (κ2) is 6.14. The van der Waals surface area contributed by atoms with Gasteiger partial charge in [-0.1, -0.05) is 13.0 Å². The summed E-state index contributed by atoms with van der Waals surface area (Å²) < 4.78 is 38.2. The zero-order valence-corrected chi connectivity index (χ0v) is 10.5. The van der Waals surface area contributed by atoms with E-state index in [9.17, 15) is 8.78 Å². The summed E-state index contributed by atoms with van der Waals surface area (Å²) in [4.78, 5) is 0. The van der Waals surface area contributed by atoms with Gasteiger partial charge in [-0.05, 0) is 36.8 Å². The molecule has 4 heteroatoms. The van der Waals surface area contributed by atoms with Crippen LogP contribution >= 0.6 is 0 Å². The van der Waals surface area contributed by atoms with E-state index in [1.165, 1.54) is 6.07 Å². The Bertz CT molecular complexity index is 401. The number of halogens is 2. The highest BCUT2D eigenvalue weighted by atomic mass is 19.2. The second-order valence-corrected chi connectivity index (χ2v) is 4.52. The van der Waals surface area contributed by atoms with Crippen molar-refractivity contribution in [1.29, 1.82) is 0 Å². The first kappa shape index (κ1) is 13.3. The van der Waals surface area contributed by atoms with Crippen molar-refractivity contribution < 1.29 is 18.3 Å². The average Bonchev–Trinajstić information content (AvgIpc) is 2.41. The van der Waals surface area contributed by atoms with Gasteiger partial charge in [0.15, 0.2) is 11.6 Å². The zero-order valence-electron chi connectivity index (χ0n) is 10.5. The molecule has 0 aliphatic carbocycles. The minimum Gasteiger partial charge on any atom is -0.490 e. The fourth-order valence-electron chi connectivity index (χ4n) is 2.19. The Labute approximate surface area is 106 Å². The van der Waals surface area contributed by atoms with E-state index >= 15 is 0 Å². The van der Waals surface area contributed by atoms with Crippen LogP contribution in [0.5, 0.6) is 5.75 Å². The third-order valence-electron chi connectivity index (χ3n) is 3.20. The van der Waals surface area contributed by atoms with E-state index in [1.54, 1.807) is 6.07 Å². The molecular formula is C14H18F2O2. The van der Waals surface area contributed by atoms with E-state index in [1.807, 2.05) is 6.92 Å².